The number of amides is 1. The second-order valence-electron chi connectivity index (χ2n) is 6.02. The highest BCUT2D eigenvalue weighted by molar-refractivity contribution is 6.01. The normalized spacial score (nSPS) is 11.2. The number of hydrogen-bond donors (Lipinski definition) is 1. The molecule has 2 rings (SSSR count). The number of ether oxygens (including phenoxy) is 1. The molecule has 2 aromatic rings. The summed E-state index contributed by atoms with van der Waals surface area (Å²) in [6.45, 7) is 4.10. The molecule has 4 nitrogen and oxygen atoms in total. The predicted molar refractivity (Wildman–Crippen MR) is 102 cm³/mol. The van der Waals surface area contributed by atoms with E-state index < -0.39 is 0 Å². The molecule has 0 spiro atoms. The van der Waals surface area contributed by atoms with Crippen molar-refractivity contribution in [2.24, 2.45) is 5.10 Å². The van der Waals surface area contributed by atoms with Gasteiger partial charge in [-0.1, -0.05) is 62.2 Å². The summed E-state index contributed by atoms with van der Waals surface area (Å²) in [7, 11) is 0. The molecule has 4 heteroatoms. The highest BCUT2D eigenvalue weighted by Crippen LogP contribution is 2.12. The fraction of sp³-hybridized carbons (Fsp3) is 0.333. The van der Waals surface area contributed by atoms with Gasteiger partial charge < -0.3 is 4.74 Å². The Labute approximate surface area is 149 Å². The maximum absolute atomic E-state index is 12.0. The van der Waals surface area contributed by atoms with Gasteiger partial charge in [-0.15, -0.1) is 0 Å². The molecule has 0 aliphatic rings. The van der Waals surface area contributed by atoms with Crippen molar-refractivity contribution >= 4 is 11.6 Å². The fourth-order valence-corrected chi connectivity index (χ4v) is 2.45. The van der Waals surface area contributed by atoms with Gasteiger partial charge in [0.2, 0.25) is 0 Å². The second-order valence-corrected chi connectivity index (χ2v) is 6.02. The van der Waals surface area contributed by atoms with E-state index in [-0.39, 0.29) is 12.5 Å². The minimum atomic E-state index is -0.259. The average Bonchev–Trinajstić information content (AvgIpc) is 2.63. The lowest BCUT2D eigenvalue weighted by molar-refractivity contribution is -0.123. The summed E-state index contributed by atoms with van der Waals surface area (Å²) in [4.78, 5) is 12.0. The third-order valence-corrected chi connectivity index (χ3v) is 3.80. The van der Waals surface area contributed by atoms with Crippen molar-refractivity contribution in [3.05, 3.63) is 65.7 Å². The zero-order chi connectivity index (χ0) is 17.9. The Kier molecular flexibility index (Phi) is 7.70. The first-order valence-corrected chi connectivity index (χ1v) is 8.79. The van der Waals surface area contributed by atoms with Crippen LogP contribution in [-0.4, -0.2) is 18.2 Å². The molecule has 0 aliphatic carbocycles. The molecule has 2 aromatic carbocycles. The lowest BCUT2D eigenvalue weighted by atomic mass is 10.0. The number of nitrogens with one attached hydrogen (secondary N) is 1. The number of nitrogens with zero attached hydrogens (tertiary/aromatic N) is 1. The smallest absolute Gasteiger partial charge is 0.277 e. The minimum Gasteiger partial charge on any atom is -0.484 e. The van der Waals surface area contributed by atoms with Crippen LogP contribution in [0.5, 0.6) is 5.75 Å². The number of rotatable bonds is 9. The quantitative estimate of drug-likeness (QED) is 0.416. The van der Waals surface area contributed by atoms with E-state index >= 15 is 0 Å². The minimum absolute atomic E-state index is 0.0516. The van der Waals surface area contributed by atoms with Gasteiger partial charge in [0.1, 0.15) is 5.75 Å². The first-order chi connectivity index (χ1) is 12.2. The summed E-state index contributed by atoms with van der Waals surface area (Å²) >= 11 is 0. The largest absolute Gasteiger partial charge is 0.484 e. The number of unbranched alkanes of at least 4 members (excludes halogenated alkanes) is 2. The molecule has 1 N–H and O–H groups in total. The molecule has 0 radical (unpaired) electrons. The third kappa shape index (κ3) is 6.79. The van der Waals surface area contributed by atoms with Crippen LogP contribution in [-0.2, 0) is 4.79 Å². The molecule has 0 atom stereocenters. The van der Waals surface area contributed by atoms with Crippen LogP contribution in [0.3, 0.4) is 0 Å². The fourth-order valence-electron chi connectivity index (χ4n) is 2.45. The van der Waals surface area contributed by atoms with Gasteiger partial charge in [0.05, 0.1) is 5.71 Å². The summed E-state index contributed by atoms with van der Waals surface area (Å²) < 4.78 is 5.50. The van der Waals surface area contributed by atoms with E-state index in [1.54, 1.807) is 0 Å². The van der Waals surface area contributed by atoms with E-state index in [1.807, 2.05) is 61.5 Å². The van der Waals surface area contributed by atoms with E-state index in [1.165, 1.54) is 0 Å². The lowest BCUT2D eigenvalue weighted by Crippen LogP contribution is -2.26. The Bertz CT molecular complexity index is 696. The molecule has 0 aliphatic heterocycles. The van der Waals surface area contributed by atoms with Crippen LogP contribution in [0, 0.1) is 6.92 Å². The highest BCUT2D eigenvalue weighted by atomic mass is 16.5. The van der Waals surface area contributed by atoms with Gasteiger partial charge in [0.15, 0.2) is 6.61 Å². The van der Waals surface area contributed by atoms with Crippen molar-refractivity contribution < 1.29 is 9.53 Å². The first kappa shape index (κ1) is 18.7. The molecule has 25 heavy (non-hydrogen) atoms. The molecule has 0 aromatic heterocycles. The lowest BCUT2D eigenvalue weighted by Gasteiger charge is -2.09. The molecule has 1 amide bonds. The van der Waals surface area contributed by atoms with Crippen molar-refractivity contribution in [2.75, 3.05) is 6.61 Å². The van der Waals surface area contributed by atoms with Crippen molar-refractivity contribution in [1.29, 1.82) is 0 Å². The third-order valence-electron chi connectivity index (χ3n) is 3.80. The van der Waals surface area contributed by atoms with Crippen molar-refractivity contribution in [3.8, 4) is 5.75 Å². The highest BCUT2D eigenvalue weighted by Gasteiger charge is 2.06. The standard InChI is InChI=1S/C21H26N2O2/c1-3-4-6-14-20(18-11-7-5-8-12-18)22-23-21(24)16-25-19-13-9-10-17(2)15-19/h5,7-13,15H,3-4,6,14,16H2,1-2H3,(H,23,24). The number of aryl methyl sites for hydroxylation is 1. The first-order valence-electron chi connectivity index (χ1n) is 8.79. The maximum atomic E-state index is 12.0. The van der Waals surface area contributed by atoms with Gasteiger partial charge in [-0.25, -0.2) is 5.43 Å². The van der Waals surface area contributed by atoms with Gasteiger partial charge in [0, 0.05) is 0 Å². The van der Waals surface area contributed by atoms with Crippen molar-refractivity contribution in [2.45, 2.75) is 39.5 Å². The Morgan fingerprint density at radius 2 is 1.88 bits per heavy atom. The predicted octanol–water partition coefficient (Wildman–Crippen LogP) is 4.47. The molecular weight excluding hydrogens is 312 g/mol. The Hall–Kier alpha value is -2.62. The van der Waals surface area contributed by atoms with E-state index in [0.29, 0.717) is 5.75 Å². The van der Waals surface area contributed by atoms with E-state index in [9.17, 15) is 4.79 Å². The topological polar surface area (TPSA) is 50.7 Å². The number of carbonyl (C=O) groups is 1. The van der Waals surface area contributed by atoms with Crippen LogP contribution in [0.15, 0.2) is 59.7 Å². The SMILES string of the molecule is CCCCCC(=NNC(=O)COc1cccc(C)c1)c1ccccc1. The molecular formula is C21H26N2O2. The van der Waals surface area contributed by atoms with Crippen LogP contribution in [0.2, 0.25) is 0 Å². The monoisotopic (exact) mass is 338 g/mol. The maximum Gasteiger partial charge on any atom is 0.277 e. The number of carbonyl (C=O) groups excluding carboxylic acids is 1. The number of hydrazone groups is 1. The average molecular weight is 338 g/mol. The molecule has 0 fully saturated rings. The zero-order valence-electron chi connectivity index (χ0n) is 15.0. The summed E-state index contributed by atoms with van der Waals surface area (Å²) in [5.74, 6) is 0.427. The van der Waals surface area contributed by atoms with E-state index in [0.717, 1.165) is 42.5 Å². The van der Waals surface area contributed by atoms with Crippen LogP contribution >= 0.6 is 0 Å². The molecule has 0 bridgehead atoms. The van der Waals surface area contributed by atoms with Crippen LogP contribution < -0.4 is 10.2 Å². The second kappa shape index (κ2) is 10.3. The van der Waals surface area contributed by atoms with Crippen molar-refractivity contribution in [3.63, 3.8) is 0 Å². The van der Waals surface area contributed by atoms with Gasteiger partial charge >= 0.3 is 0 Å². The molecule has 0 unspecified atom stereocenters. The Morgan fingerprint density at radius 1 is 1.08 bits per heavy atom. The summed E-state index contributed by atoms with van der Waals surface area (Å²) in [6, 6.07) is 17.6. The number of hydrogen-bond acceptors (Lipinski definition) is 3. The summed E-state index contributed by atoms with van der Waals surface area (Å²) in [5, 5.41) is 4.33. The van der Waals surface area contributed by atoms with Gasteiger partial charge in [-0.05, 0) is 43.0 Å². The Morgan fingerprint density at radius 3 is 2.60 bits per heavy atom. The zero-order valence-corrected chi connectivity index (χ0v) is 15.0. The van der Waals surface area contributed by atoms with Crippen molar-refractivity contribution in [1.82, 2.24) is 5.43 Å². The summed E-state index contributed by atoms with van der Waals surface area (Å²) in [5.41, 5.74) is 5.65. The molecule has 0 heterocycles. The van der Waals surface area contributed by atoms with Crippen LogP contribution in [0.4, 0.5) is 0 Å². The summed E-state index contributed by atoms with van der Waals surface area (Å²) in [6.07, 6.45) is 4.20. The Balaban J connectivity index is 1.93. The van der Waals surface area contributed by atoms with Gasteiger partial charge in [-0.3, -0.25) is 4.79 Å². The molecule has 0 saturated carbocycles. The van der Waals surface area contributed by atoms with Crippen LogP contribution in [0.25, 0.3) is 0 Å². The molecule has 132 valence electrons. The van der Waals surface area contributed by atoms with Gasteiger partial charge in [0.25, 0.3) is 5.91 Å². The van der Waals surface area contributed by atoms with Gasteiger partial charge in [-0.2, -0.15) is 5.10 Å². The van der Waals surface area contributed by atoms with E-state index in [2.05, 4.69) is 17.5 Å². The van der Waals surface area contributed by atoms with Crippen LogP contribution in [0.1, 0.15) is 43.7 Å². The van der Waals surface area contributed by atoms with E-state index in [4.69, 9.17) is 4.74 Å². The number of benzene rings is 2. The molecule has 0 saturated heterocycles.